The van der Waals surface area contributed by atoms with Gasteiger partial charge >= 0.3 is 0 Å². The monoisotopic (exact) mass is 168 g/mol. The zero-order chi connectivity index (χ0) is 9.14. The highest BCUT2D eigenvalue weighted by Gasteiger charge is 2.08. The fourth-order valence-corrected chi connectivity index (χ4v) is 0.782. The van der Waals surface area contributed by atoms with Gasteiger partial charge in [-0.05, 0) is 6.07 Å². The van der Waals surface area contributed by atoms with Crippen LogP contribution in [0, 0.1) is 0 Å². The molecule has 0 aliphatic heterocycles. The van der Waals surface area contributed by atoms with Gasteiger partial charge in [-0.2, -0.15) is 0 Å². The summed E-state index contributed by atoms with van der Waals surface area (Å²) in [6.45, 7) is 0. The second-order valence-electron chi connectivity index (χ2n) is 2.16. The Hall–Kier alpha value is -1.78. The predicted molar refractivity (Wildman–Crippen MR) is 42.1 cm³/mol. The number of rotatable bonds is 1. The summed E-state index contributed by atoms with van der Waals surface area (Å²) in [6, 6.07) is 2.43. The first kappa shape index (κ1) is 8.32. The van der Waals surface area contributed by atoms with Crippen molar-refractivity contribution in [3.8, 4) is 5.88 Å². The van der Waals surface area contributed by atoms with Crippen LogP contribution in [0.25, 0.3) is 0 Å². The van der Waals surface area contributed by atoms with Gasteiger partial charge in [0.05, 0.1) is 5.56 Å². The van der Waals surface area contributed by atoms with Crippen LogP contribution in [0.15, 0.2) is 16.9 Å². The standard InChI is InChI=1S/C7H8N2O3/c1-8-6(11)4-2-3-5(10)9-7(4)12/h2-3H,1H3,(H,8,11)(H2,9,10,12). The number of nitrogens with one attached hydrogen (secondary N) is 2. The smallest absolute Gasteiger partial charge is 0.256 e. The molecule has 1 heterocycles. The molecule has 0 spiro atoms. The average Bonchev–Trinajstić information content (AvgIpc) is 2.03. The molecular formula is C7H8N2O3. The van der Waals surface area contributed by atoms with Gasteiger partial charge in [-0.3, -0.25) is 14.6 Å². The minimum atomic E-state index is -0.444. The summed E-state index contributed by atoms with van der Waals surface area (Å²) in [5.41, 5.74) is -0.391. The maximum Gasteiger partial charge on any atom is 0.256 e. The van der Waals surface area contributed by atoms with Gasteiger partial charge in [-0.15, -0.1) is 0 Å². The van der Waals surface area contributed by atoms with E-state index in [2.05, 4.69) is 10.3 Å². The molecule has 5 heteroatoms. The lowest BCUT2D eigenvalue weighted by Crippen LogP contribution is -2.19. The molecule has 0 aromatic carbocycles. The second-order valence-corrected chi connectivity index (χ2v) is 2.16. The Labute approximate surface area is 68.0 Å². The number of pyridine rings is 1. The predicted octanol–water partition coefficient (Wildman–Crippen LogP) is -0.560. The topological polar surface area (TPSA) is 82.2 Å². The first-order chi connectivity index (χ1) is 5.65. The number of amides is 1. The van der Waals surface area contributed by atoms with Crippen LogP contribution >= 0.6 is 0 Å². The molecule has 3 N–H and O–H groups in total. The number of aromatic nitrogens is 1. The summed E-state index contributed by atoms with van der Waals surface area (Å²) >= 11 is 0. The molecule has 0 radical (unpaired) electrons. The number of aromatic hydroxyl groups is 1. The average molecular weight is 168 g/mol. The quantitative estimate of drug-likeness (QED) is 0.525. The van der Waals surface area contributed by atoms with Crippen molar-refractivity contribution in [1.82, 2.24) is 10.3 Å². The molecule has 0 bridgehead atoms. The fraction of sp³-hybridized carbons (Fsp3) is 0.143. The van der Waals surface area contributed by atoms with Crippen molar-refractivity contribution in [3.05, 3.63) is 28.0 Å². The van der Waals surface area contributed by atoms with Crippen molar-refractivity contribution in [3.63, 3.8) is 0 Å². The highest BCUT2D eigenvalue weighted by Crippen LogP contribution is 2.08. The number of hydrogen-bond donors (Lipinski definition) is 3. The largest absolute Gasteiger partial charge is 0.494 e. The SMILES string of the molecule is CNC(=O)c1ccc(=O)[nH]c1O. The van der Waals surface area contributed by atoms with Crippen LogP contribution in [0.1, 0.15) is 10.4 Å². The van der Waals surface area contributed by atoms with Crippen LogP contribution in [0.3, 0.4) is 0 Å². The maximum absolute atomic E-state index is 11.0. The van der Waals surface area contributed by atoms with Gasteiger partial charge in [0, 0.05) is 13.1 Å². The van der Waals surface area contributed by atoms with Gasteiger partial charge in [0.15, 0.2) is 0 Å². The highest BCUT2D eigenvalue weighted by atomic mass is 16.3. The van der Waals surface area contributed by atoms with Crippen LogP contribution in [0.4, 0.5) is 0 Å². The minimum absolute atomic E-state index is 0.0529. The third-order valence-electron chi connectivity index (χ3n) is 1.37. The third kappa shape index (κ3) is 1.45. The van der Waals surface area contributed by atoms with Crippen molar-refractivity contribution in [2.45, 2.75) is 0 Å². The molecule has 0 atom stereocenters. The van der Waals surface area contributed by atoms with Gasteiger partial charge in [0.1, 0.15) is 0 Å². The van der Waals surface area contributed by atoms with E-state index in [9.17, 15) is 9.59 Å². The number of carbonyl (C=O) groups excluding carboxylic acids is 1. The van der Waals surface area contributed by atoms with E-state index in [1.165, 1.54) is 19.2 Å². The van der Waals surface area contributed by atoms with E-state index in [4.69, 9.17) is 5.11 Å². The van der Waals surface area contributed by atoms with E-state index in [0.717, 1.165) is 0 Å². The molecule has 1 aromatic rings. The molecular weight excluding hydrogens is 160 g/mol. The molecule has 0 unspecified atom stereocenters. The van der Waals surface area contributed by atoms with E-state index in [0.29, 0.717) is 0 Å². The van der Waals surface area contributed by atoms with Gasteiger partial charge in [0.2, 0.25) is 5.88 Å². The molecule has 0 aliphatic carbocycles. The Bertz CT molecular complexity index is 356. The van der Waals surface area contributed by atoms with E-state index in [1.54, 1.807) is 0 Å². The molecule has 1 aromatic heterocycles. The van der Waals surface area contributed by atoms with Crippen molar-refractivity contribution in [2.75, 3.05) is 7.05 Å². The Balaban J connectivity index is 3.18. The second kappa shape index (κ2) is 3.08. The zero-order valence-electron chi connectivity index (χ0n) is 6.42. The van der Waals surface area contributed by atoms with E-state index in [1.807, 2.05) is 0 Å². The lowest BCUT2D eigenvalue weighted by molar-refractivity contribution is 0.0959. The Morgan fingerprint density at radius 1 is 1.58 bits per heavy atom. The number of H-pyrrole nitrogens is 1. The Morgan fingerprint density at radius 2 is 2.25 bits per heavy atom. The maximum atomic E-state index is 11.0. The molecule has 0 fully saturated rings. The lowest BCUT2D eigenvalue weighted by atomic mass is 10.2. The van der Waals surface area contributed by atoms with E-state index in [-0.39, 0.29) is 5.56 Å². The van der Waals surface area contributed by atoms with Gasteiger partial charge in [0.25, 0.3) is 11.5 Å². The summed E-state index contributed by atoms with van der Waals surface area (Å²) < 4.78 is 0. The van der Waals surface area contributed by atoms with Crippen LogP contribution in [0.2, 0.25) is 0 Å². The normalized spacial score (nSPS) is 9.42. The minimum Gasteiger partial charge on any atom is -0.494 e. The highest BCUT2D eigenvalue weighted by molar-refractivity contribution is 5.95. The zero-order valence-corrected chi connectivity index (χ0v) is 6.42. The molecule has 0 saturated heterocycles. The van der Waals surface area contributed by atoms with E-state index < -0.39 is 17.3 Å². The molecule has 0 saturated carbocycles. The molecule has 1 rings (SSSR count). The van der Waals surface area contributed by atoms with Crippen molar-refractivity contribution in [1.29, 1.82) is 0 Å². The van der Waals surface area contributed by atoms with Crippen LogP contribution in [-0.4, -0.2) is 23.0 Å². The van der Waals surface area contributed by atoms with Crippen molar-refractivity contribution < 1.29 is 9.90 Å². The van der Waals surface area contributed by atoms with Gasteiger partial charge < -0.3 is 10.4 Å². The molecule has 1 amide bonds. The first-order valence-electron chi connectivity index (χ1n) is 3.29. The molecule has 0 aliphatic rings. The third-order valence-corrected chi connectivity index (χ3v) is 1.37. The summed E-state index contributed by atoms with van der Waals surface area (Å²) in [7, 11) is 1.44. The first-order valence-corrected chi connectivity index (χ1v) is 3.29. The number of hydrogen-bond acceptors (Lipinski definition) is 3. The van der Waals surface area contributed by atoms with Crippen molar-refractivity contribution >= 4 is 5.91 Å². The summed E-state index contributed by atoms with van der Waals surface area (Å²) in [4.78, 5) is 23.7. The fourth-order valence-electron chi connectivity index (χ4n) is 0.782. The van der Waals surface area contributed by atoms with Crippen LogP contribution in [0.5, 0.6) is 5.88 Å². The number of carbonyl (C=O) groups is 1. The van der Waals surface area contributed by atoms with Crippen LogP contribution < -0.4 is 10.9 Å². The van der Waals surface area contributed by atoms with Gasteiger partial charge in [-0.1, -0.05) is 0 Å². The summed E-state index contributed by atoms with van der Waals surface area (Å²) in [6.07, 6.45) is 0. The molecule has 5 nitrogen and oxygen atoms in total. The Morgan fingerprint density at radius 3 is 2.75 bits per heavy atom. The van der Waals surface area contributed by atoms with Crippen LogP contribution in [-0.2, 0) is 0 Å². The Kier molecular flexibility index (Phi) is 2.14. The molecule has 64 valence electrons. The van der Waals surface area contributed by atoms with E-state index >= 15 is 0 Å². The molecule has 12 heavy (non-hydrogen) atoms. The summed E-state index contributed by atoms with van der Waals surface area (Å²) in [5, 5.41) is 11.4. The van der Waals surface area contributed by atoms with Crippen molar-refractivity contribution in [2.24, 2.45) is 0 Å². The lowest BCUT2D eigenvalue weighted by Gasteiger charge is -2.00. The number of aromatic amines is 1. The summed E-state index contributed by atoms with van der Waals surface area (Å²) in [5.74, 6) is -0.856. The van der Waals surface area contributed by atoms with Gasteiger partial charge in [-0.25, -0.2) is 0 Å².